The highest BCUT2D eigenvalue weighted by atomic mass is 32.1. The van der Waals surface area contributed by atoms with Crippen LogP contribution in [0.2, 0.25) is 0 Å². The number of ketones is 1. The fourth-order valence-corrected chi connectivity index (χ4v) is 4.49. The molecule has 0 atom stereocenters. The number of rotatable bonds is 8. The standard InChI is InChI=1S/C26H22FNO3S/c1-18-15-25(32-26(18)23(29)12-9-19-5-3-2-4-6-19)28-14-13-22(16-24(28)30)31-17-20-7-10-21(27)11-8-20/h2-8,10-11,13-16H,9,12,17H2,1H3. The molecule has 4 nitrogen and oxygen atoms in total. The Hall–Kier alpha value is -3.51. The van der Waals surface area contributed by atoms with Crippen molar-refractivity contribution in [1.82, 2.24) is 4.57 Å². The summed E-state index contributed by atoms with van der Waals surface area (Å²) in [5.41, 5.74) is 2.56. The maximum Gasteiger partial charge on any atom is 0.259 e. The molecule has 0 aliphatic carbocycles. The predicted octanol–water partition coefficient (Wildman–Crippen LogP) is 5.74. The molecule has 0 saturated heterocycles. The van der Waals surface area contributed by atoms with Crippen LogP contribution in [0.1, 0.15) is 32.8 Å². The number of hydrogen-bond acceptors (Lipinski definition) is 4. The lowest BCUT2D eigenvalue weighted by Crippen LogP contribution is -2.15. The van der Waals surface area contributed by atoms with E-state index in [2.05, 4.69) is 0 Å². The molecule has 2 aromatic carbocycles. The van der Waals surface area contributed by atoms with E-state index in [0.29, 0.717) is 28.5 Å². The quantitative estimate of drug-likeness (QED) is 0.324. The summed E-state index contributed by atoms with van der Waals surface area (Å²) in [6.07, 6.45) is 2.76. The minimum atomic E-state index is -0.305. The number of pyridine rings is 1. The first kappa shape index (κ1) is 21.7. The Labute approximate surface area is 189 Å². The number of thiophene rings is 1. The number of aryl methyl sites for hydroxylation is 2. The van der Waals surface area contributed by atoms with Crippen molar-refractivity contribution < 1.29 is 13.9 Å². The van der Waals surface area contributed by atoms with Crippen molar-refractivity contribution in [3.05, 3.63) is 117 Å². The van der Waals surface area contributed by atoms with Gasteiger partial charge < -0.3 is 4.74 Å². The lowest BCUT2D eigenvalue weighted by atomic mass is 10.1. The van der Waals surface area contributed by atoms with Crippen molar-refractivity contribution >= 4 is 17.1 Å². The Kier molecular flexibility index (Phi) is 6.61. The van der Waals surface area contributed by atoms with E-state index in [9.17, 15) is 14.0 Å². The Bertz CT molecular complexity index is 1280. The summed E-state index contributed by atoms with van der Waals surface area (Å²) >= 11 is 1.32. The van der Waals surface area contributed by atoms with Crippen LogP contribution < -0.4 is 10.3 Å². The molecule has 6 heteroatoms. The van der Waals surface area contributed by atoms with E-state index >= 15 is 0 Å². The van der Waals surface area contributed by atoms with Gasteiger partial charge in [0.1, 0.15) is 23.2 Å². The van der Waals surface area contributed by atoms with Crippen molar-refractivity contribution in [3.63, 3.8) is 0 Å². The third-order valence-corrected chi connectivity index (χ3v) is 6.37. The number of hydrogen-bond donors (Lipinski definition) is 0. The molecule has 2 aromatic heterocycles. The molecule has 162 valence electrons. The van der Waals surface area contributed by atoms with Gasteiger partial charge in [-0.1, -0.05) is 42.5 Å². The molecular formula is C26H22FNO3S. The second-order valence-electron chi connectivity index (χ2n) is 7.49. The van der Waals surface area contributed by atoms with E-state index in [1.54, 1.807) is 24.4 Å². The van der Waals surface area contributed by atoms with Gasteiger partial charge in [0.15, 0.2) is 5.78 Å². The zero-order chi connectivity index (χ0) is 22.5. The van der Waals surface area contributed by atoms with Gasteiger partial charge in [0.2, 0.25) is 0 Å². The van der Waals surface area contributed by atoms with Crippen LogP contribution in [0.15, 0.2) is 83.8 Å². The number of carbonyl (C=O) groups is 1. The second kappa shape index (κ2) is 9.75. The largest absolute Gasteiger partial charge is 0.489 e. The van der Waals surface area contributed by atoms with Gasteiger partial charge in [0.25, 0.3) is 5.56 Å². The molecule has 0 amide bonds. The highest BCUT2D eigenvalue weighted by Gasteiger charge is 2.15. The normalized spacial score (nSPS) is 10.8. The summed E-state index contributed by atoms with van der Waals surface area (Å²) < 4.78 is 20.2. The zero-order valence-electron chi connectivity index (χ0n) is 17.6. The van der Waals surface area contributed by atoms with Gasteiger partial charge in [0.05, 0.1) is 4.88 Å². The van der Waals surface area contributed by atoms with Crippen LogP contribution in [0.4, 0.5) is 4.39 Å². The van der Waals surface area contributed by atoms with E-state index in [0.717, 1.165) is 16.7 Å². The van der Waals surface area contributed by atoms with E-state index in [-0.39, 0.29) is 23.8 Å². The lowest BCUT2D eigenvalue weighted by Gasteiger charge is -2.08. The SMILES string of the molecule is Cc1cc(-n2ccc(OCc3ccc(F)cc3)cc2=O)sc1C(=O)CCc1ccccc1. The number of carbonyl (C=O) groups excluding carboxylic acids is 1. The van der Waals surface area contributed by atoms with Crippen molar-refractivity contribution in [1.29, 1.82) is 0 Å². The fourth-order valence-electron chi connectivity index (χ4n) is 3.36. The molecule has 4 rings (SSSR count). The number of benzene rings is 2. The summed E-state index contributed by atoms with van der Waals surface area (Å²) in [4.78, 5) is 26.1. The molecule has 0 N–H and O–H groups in total. The molecule has 0 fully saturated rings. The van der Waals surface area contributed by atoms with Crippen LogP contribution in [0, 0.1) is 12.7 Å². The maximum absolute atomic E-state index is 13.0. The van der Waals surface area contributed by atoms with Gasteiger partial charge in [-0.25, -0.2) is 4.39 Å². The Morgan fingerprint density at radius 2 is 1.75 bits per heavy atom. The molecule has 0 aliphatic heterocycles. The van der Waals surface area contributed by atoms with Crippen molar-refractivity contribution in [2.75, 3.05) is 0 Å². The Morgan fingerprint density at radius 3 is 2.47 bits per heavy atom. The average molecular weight is 448 g/mol. The van der Waals surface area contributed by atoms with Gasteiger partial charge >= 0.3 is 0 Å². The first-order valence-corrected chi connectivity index (χ1v) is 11.1. The highest BCUT2D eigenvalue weighted by molar-refractivity contribution is 7.16. The van der Waals surface area contributed by atoms with E-state index in [1.165, 1.54) is 34.1 Å². The summed E-state index contributed by atoms with van der Waals surface area (Å²) in [5.74, 6) is 0.207. The highest BCUT2D eigenvalue weighted by Crippen LogP contribution is 2.26. The number of aromatic nitrogens is 1. The van der Waals surface area contributed by atoms with E-state index < -0.39 is 0 Å². The van der Waals surface area contributed by atoms with Gasteiger partial charge in [-0.2, -0.15) is 0 Å². The molecule has 0 bridgehead atoms. The number of Topliss-reactive ketones (excluding diaryl/α,β-unsaturated/α-hetero) is 1. The predicted molar refractivity (Wildman–Crippen MR) is 124 cm³/mol. The smallest absolute Gasteiger partial charge is 0.259 e. The minimum absolute atomic E-state index is 0.0786. The summed E-state index contributed by atoms with van der Waals surface area (Å²) in [5, 5.41) is 0.695. The minimum Gasteiger partial charge on any atom is -0.489 e. The number of halogens is 1. The van der Waals surface area contributed by atoms with Crippen LogP contribution in [0.25, 0.3) is 5.00 Å². The molecular weight excluding hydrogens is 425 g/mol. The lowest BCUT2D eigenvalue weighted by molar-refractivity contribution is 0.0986. The van der Waals surface area contributed by atoms with Crippen molar-refractivity contribution in [2.24, 2.45) is 0 Å². The average Bonchev–Trinajstić information content (AvgIpc) is 3.19. The molecule has 0 radical (unpaired) electrons. The van der Waals surface area contributed by atoms with E-state index in [4.69, 9.17) is 4.74 Å². The topological polar surface area (TPSA) is 48.3 Å². The number of nitrogens with zero attached hydrogens (tertiary/aromatic N) is 1. The molecule has 2 heterocycles. The van der Waals surface area contributed by atoms with Crippen molar-refractivity contribution in [3.8, 4) is 10.8 Å². The van der Waals surface area contributed by atoms with Gasteiger partial charge in [-0.05, 0) is 54.3 Å². The number of ether oxygens (including phenoxy) is 1. The van der Waals surface area contributed by atoms with Crippen LogP contribution >= 0.6 is 11.3 Å². The molecule has 0 unspecified atom stereocenters. The van der Waals surface area contributed by atoms with Gasteiger partial charge in [-0.15, -0.1) is 11.3 Å². The third kappa shape index (κ3) is 5.21. The zero-order valence-corrected chi connectivity index (χ0v) is 18.4. The molecule has 0 spiro atoms. The Morgan fingerprint density at radius 1 is 1.00 bits per heavy atom. The van der Waals surface area contributed by atoms with Gasteiger partial charge in [-0.3, -0.25) is 14.2 Å². The van der Waals surface area contributed by atoms with E-state index in [1.807, 2.05) is 43.3 Å². The summed E-state index contributed by atoms with van der Waals surface area (Å²) in [7, 11) is 0. The van der Waals surface area contributed by atoms with Crippen LogP contribution in [0.3, 0.4) is 0 Å². The molecule has 32 heavy (non-hydrogen) atoms. The first-order chi connectivity index (χ1) is 15.5. The maximum atomic E-state index is 13.0. The monoisotopic (exact) mass is 447 g/mol. The van der Waals surface area contributed by atoms with Crippen LogP contribution in [-0.2, 0) is 13.0 Å². The van der Waals surface area contributed by atoms with Gasteiger partial charge in [0, 0.05) is 18.7 Å². The fraction of sp³-hybridized carbons (Fsp3) is 0.154. The second-order valence-corrected chi connectivity index (χ2v) is 8.52. The summed E-state index contributed by atoms with van der Waals surface area (Å²) in [6, 6.07) is 20.9. The Balaban J connectivity index is 1.44. The molecule has 0 saturated carbocycles. The van der Waals surface area contributed by atoms with Crippen molar-refractivity contribution in [2.45, 2.75) is 26.4 Å². The molecule has 0 aliphatic rings. The summed E-state index contributed by atoms with van der Waals surface area (Å²) in [6.45, 7) is 2.13. The first-order valence-electron chi connectivity index (χ1n) is 10.3. The third-order valence-electron chi connectivity index (χ3n) is 5.09. The van der Waals surface area contributed by atoms with Crippen LogP contribution in [0.5, 0.6) is 5.75 Å². The molecule has 4 aromatic rings. The van der Waals surface area contributed by atoms with Crippen LogP contribution in [-0.4, -0.2) is 10.4 Å².